The van der Waals surface area contributed by atoms with Gasteiger partial charge in [-0.1, -0.05) is 0 Å². The SMILES string of the molecule is O=C[C@H](O)[C@H](O)C[C@H](O)CO. The van der Waals surface area contributed by atoms with Gasteiger partial charge in [0.1, 0.15) is 6.10 Å². The highest BCUT2D eigenvalue weighted by molar-refractivity contribution is 5.56. The summed E-state index contributed by atoms with van der Waals surface area (Å²) in [7, 11) is 0. The standard InChI is InChI=1S/C6H12O5/c7-2-4(9)1-5(10)6(11)3-8/h3-7,9-11H,1-2H2/t4-,5+,6-/m0/s1. The second-order valence-electron chi connectivity index (χ2n) is 2.27. The summed E-state index contributed by atoms with van der Waals surface area (Å²) in [6, 6.07) is 0. The quantitative estimate of drug-likeness (QED) is 0.341. The van der Waals surface area contributed by atoms with Gasteiger partial charge in [0.05, 0.1) is 18.8 Å². The molecule has 5 nitrogen and oxygen atoms in total. The molecule has 66 valence electrons. The van der Waals surface area contributed by atoms with Gasteiger partial charge in [0.2, 0.25) is 0 Å². The molecule has 0 fully saturated rings. The van der Waals surface area contributed by atoms with Crippen molar-refractivity contribution in [2.75, 3.05) is 6.61 Å². The van der Waals surface area contributed by atoms with Crippen LogP contribution >= 0.6 is 0 Å². The van der Waals surface area contributed by atoms with Crippen LogP contribution in [0.3, 0.4) is 0 Å². The maximum absolute atomic E-state index is 9.86. The summed E-state index contributed by atoms with van der Waals surface area (Å²) in [6.07, 6.45) is -3.93. The highest BCUT2D eigenvalue weighted by Gasteiger charge is 2.18. The Morgan fingerprint density at radius 2 is 1.82 bits per heavy atom. The zero-order chi connectivity index (χ0) is 8.85. The van der Waals surface area contributed by atoms with E-state index in [-0.39, 0.29) is 12.7 Å². The maximum atomic E-state index is 9.86. The normalized spacial score (nSPS) is 18.9. The van der Waals surface area contributed by atoms with Gasteiger partial charge in [-0.15, -0.1) is 0 Å². The number of hydrogen-bond acceptors (Lipinski definition) is 5. The van der Waals surface area contributed by atoms with Crippen LogP contribution in [0.1, 0.15) is 6.42 Å². The fourth-order valence-corrected chi connectivity index (χ4v) is 0.583. The Morgan fingerprint density at radius 1 is 1.27 bits per heavy atom. The minimum atomic E-state index is -1.49. The smallest absolute Gasteiger partial charge is 0.151 e. The molecule has 0 saturated carbocycles. The number of aliphatic hydroxyl groups is 4. The number of carbonyl (C=O) groups is 1. The molecule has 0 radical (unpaired) electrons. The van der Waals surface area contributed by atoms with Crippen molar-refractivity contribution in [2.45, 2.75) is 24.7 Å². The minimum Gasteiger partial charge on any atom is -0.394 e. The molecule has 11 heavy (non-hydrogen) atoms. The van der Waals surface area contributed by atoms with E-state index >= 15 is 0 Å². The number of aldehydes is 1. The van der Waals surface area contributed by atoms with Crippen LogP contribution in [0.25, 0.3) is 0 Å². The second-order valence-corrected chi connectivity index (χ2v) is 2.27. The zero-order valence-corrected chi connectivity index (χ0v) is 5.92. The van der Waals surface area contributed by atoms with Gasteiger partial charge in [-0.3, -0.25) is 0 Å². The molecule has 4 N–H and O–H groups in total. The van der Waals surface area contributed by atoms with Crippen LogP contribution in [-0.2, 0) is 4.79 Å². The van der Waals surface area contributed by atoms with Crippen molar-refractivity contribution >= 4 is 6.29 Å². The lowest BCUT2D eigenvalue weighted by molar-refractivity contribution is -0.121. The first-order valence-electron chi connectivity index (χ1n) is 3.22. The predicted molar refractivity (Wildman–Crippen MR) is 35.8 cm³/mol. The van der Waals surface area contributed by atoms with Crippen LogP contribution < -0.4 is 0 Å². The average molecular weight is 164 g/mol. The largest absolute Gasteiger partial charge is 0.394 e. The third kappa shape index (κ3) is 4.05. The summed E-state index contributed by atoms with van der Waals surface area (Å²) in [5.41, 5.74) is 0. The molecule has 0 unspecified atom stereocenters. The lowest BCUT2D eigenvalue weighted by Gasteiger charge is -2.14. The van der Waals surface area contributed by atoms with Gasteiger partial charge in [0.25, 0.3) is 0 Å². The van der Waals surface area contributed by atoms with Crippen molar-refractivity contribution in [1.82, 2.24) is 0 Å². The average Bonchev–Trinajstić information content (AvgIpc) is 2.02. The Kier molecular flexibility index (Phi) is 4.97. The van der Waals surface area contributed by atoms with E-state index < -0.39 is 24.9 Å². The van der Waals surface area contributed by atoms with Crippen molar-refractivity contribution < 1.29 is 25.2 Å². The number of hydrogen-bond donors (Lipinski definition) is 4. The summed E-state index contributed by atoms with van der Waals surface area (Å²) in [4.78, 5) is 9.86. The molecule has 0 aliphatic rings. The molecule has 0 aliphatic heterocycles. The van der Waals surface area contributed by atoms with Crippen molar-refractivity contribution in [2.24, 2.45) is 0 Å². The predicted octanol–water partition coefficient (Wildman–Crippen LogP) is -2.35. The van der Waals surface area contributed by atoms with Crippen molar-refractivity contribution in [3.05, 3.63) is 0 Å². The molecule has 5 heteroatoms. The fraction of sp³-hybridized carbons (Fsp3) is 0.833. The third-order valence-corrected chi connectivity index (χ3v) is 1.26. The Balaban J connectivity index is 3.66. The lowest BCUT2D eigenvalue weighted by atomic mass is 10.1. The van der Waals surface area contributed by atoms with E-state index in [4.69, 9.17) is 20.4 Å². The Bertz CT molecular complexity index is 116. The first kappa shape index (κ1) is 10.5. The Hall–Kier alpha value is -0.490. The van der Waals surface area contributed by atoms with Crippen molar-refractivity contribution in [3.63, 3.8) is 0 Å². The third-order valence-electron chi connectivity index (χ3n) is 1.26. The molecule has 0 amide bonds. The maximum Gasteiger partial charge on any atom is 0.151 e. The van der Waals surface area contributed by atoms with Gasteiger partial charge in [-0.05, 0) is 0 Å². The number of carbonyl (C=O) groups excluding carboxylic acids is 1. The molecule has 0 bridgehead atoms. The van der Waals surface area contributed by atoms with Gasteiger partial charge >= 0.3 is 0 Å². The molecule has 0 aromatic rings. The second kappa shape index (κ2) is 5.20. The molecule has 0 spiro atoms. The topological polar surface area (TPSA) is 98.0 Å². The van der Waals surface area contributed by atoms with E-state index in [9.17, 15) is 4.79 Å². The molecule has 0 heterocycles. The van der Waals surface area contributed by atoms with Crippen molar-refractivity contribution in [1.29, 1.82) is 0 Å². The molecule has 3 atom stereocenters. The van der Waals surface area contributed by atoms with Gasteiger partial charge in [0.15, 0.2) is 6.29 Å². The highest BCUT2D eigenvalue weighted by Crippen LogP contribution is 2.00. The molecule has 0 aliphatic carbocycles. The van der Waals surface area contributed by atoms with Gasteiger partial charge in [-0.2, -0.15) is 0 Å². The van der Waals surface area contributed by atoms with E-state index in [1.54, 1.807) is 0 Å². The number of aliphatic hydroxyl groups excluding tert-OH is 4. The van der Waals surface area contributed by atoms with Crippen LogP contribution in [0.2, 0.25) is 0 Å². The molecule has 0 rings (SSSR count). The van der Waals surface area contributed by atoms with Gasteiger partial charge in [0, 0.05) is 6.42 Å². The van der Waals surface area contributed by atoms with Crippen LogP contribution in [0.15, 0.2) is 0 Å². The summed E-state index contributed by atoms with van der Waals surface area (Å²) in [5.74, 6) is 0. The van der Waals surface area contributed by atoms with Gasteiger partial charge in [-0.25, -0.2) is 0 Å². The molecule has 0 aromatic carbocycles. The Morgan fingerprint density at radius 3 is 2.18 bits per heavy atom. The van der Waals surface area contributed by atoms with Crippen LogP contribution in [0, 0.1) is 0 Å². The molecule has 0 saturated heterocycles. The summed E-state index contributed by atoms with van der Waals surface area (Å²) < 4.78 is 0. The van der Waals surface area contributed by atoms with E-state index in [2.05, 4.69) is 0 Å². The van der Waals surface area contributed by atoms with Crippen LogP contribution in [0.5, 0.6) is 0 Å². The van der Waals surface area contributed by atoms with Gasteiger partial charge < -0.3 is 25.2 Å². The summed E-state index contributed by atoms with van der Waals surface area (Å²) >= 11 is 0. The summed E-state index contributed by atoms with van der Waals surface area (Å²) in [5, 5.41) is 34.6. The first-order valence-corrected chi connectivity index (χ1v) is 3.22. The summed E-state index contributed by atoms with van der Waals surface area (Å²) in [6.45, 7) is -0.497. The van der Waals surface area contributed by atoms with E-state index in [0.29, 0.717) is 0 Å². The number of rotatable bonds is 5. The monoisotopic (exact) mass is 164 g/mol. The van der Waals surface area contributed by atoms with Crippen LogP contribution in [0.4, 0.5) is 0 Å². The van der Waals surface area contributed by atoms with E-state index in [1.807, 2.05) is 0 Å². The molecule has 0 aromatic heterocycles. The van der Waals surface area contributed by atoms with Crippen molar-refractivity contribution in [3.8, 4) is 0 Å². The minimum absolute atomic E-state index is 0.175. The molecular formula is C6H12O5. The fourth-order valence-electron chi connectivity index (χ4n) is 0.583. The zero-order valence-electron chi connectivity index (χ0n) is 5.92. The highest BCUT2D eigenvalue weighted by atomic mass is 16.3. The first-order chi connectivity index (χ1) is 5.11. The Labute approximate surface area is 63.9 Å². The van der Waals surface area contributed by atoms with Crippen LogP contribution in [-0.4, -0.2) is 51.6 Å². The van der Waals surface area contributed by atoms with E-state index in [1.165, 1.54) is 0 Å². The van der Waals surface area contributed by atoms with E-state index in [0.717, 1.165) is 0 Å². The molecular weight excluding hydrogens is 152 g/mol. The lowest BCUT2D eigenvalue weighted by Crippen LogP contribution is -2.32.